The van der Waals surface area contributed by atoms with Crippen molar-refractivity contribution in [3.05, 3.63) is 93.5 Å². The van der Waals surface area contributed by atoms with Crippen molar-refractivity contribution in [3.8, 4) is 11.5 Å². The van der Waals surface area contributed by atoms with Gasteiger partial charge in [0.25, 0.3) is 0 Å². The fourth-order valence-electron chi connectivity index (χ4n) is 2.38. The fraction of sp³-hybridized carbons (Fsp3) is 0.0476. The number of halogens is 2. The zero-order valence-corrected chi connectivity index (χ0v) is 15.8. The summed E-state index contributed by atoms with van der Waals surface area (Å²) in [5.41, 5.74) is 0.993. The SMILES string of the molecule is Cc1c(OC(=O)c2ccccc2Cl)cccc1OC(=O)c1ccccc1Cl. The number of carbonyl (C=O) groups is 2. The molecule has 0 aliphatic rings. The van der Waals surface area contributed by atoms with E-state index in [1.807, 2.05) is 0 Å². The molecule has 0 fully saturated rings. The third-order valence-corrected chi connectivity index (χ3v) is 4.49. The molecule has 0 aliphatic carbocycles. The van der Waals surface area contributed by atoms with E-state index in [1.165, 1.54) is 0 Å². The Morgan fingerprint density at radius 2 is 1.07 bits per heavy atom. The summed E-state index contributed by atoms with van der Waals surface area (Å²) in [5.74, 6) is -0.662. The highest BCUT2D eigenvalue weighted by Gasteiger charge is 2.18. The van der Waals surface area contributed by atoms with Crippen LogP contribution in [0.5, 0.6) is 11.5 Å². The molecule has 0 heterocycles. The molecule has 3 aromatic carbocycles. The Hall–Kier alpha value is -2.82. The number of carbonyl (C=O) groups excluding carboxylic acids is 2. The average Bonchev–Trinajstić information content (AvgIpc) is 2.65. The third kappa shape index (κ3) is 4.30. The van der Waals surface area contributed by atoms with Crippen LogP contribution in [-0.2, 0) is 0 Å². The van der Waals surface area contributed by atoms with Crippen molar-refractivity contribution < 1.29 is 19.1 Å². The molecule has 0 unspecified atom stereocenters. The van der Waals surface area contributed by atoms with Crippen molar-refractivity contribution in [1.82, 2.24) is 0 Å². The molecule has 0 radical (unpaired) electrons. The molecule has 6 heteroatoms. The molecule has 0 N–H and O–H groups in total. The maximum atomic E-state index is 12.4. The van der Waals surface area contributed by atoms with Crippen LogP contribution in [0.1, 0.15) is 26.3 Å². The van der Waals surface area contributed by atoms with Crippen LogP contribution < -0.4 is 9.47 Å². The van der Waals surface area contributed by atoms with Crippen LogP contribution in [0.2, 0.25) is 10.0 Å². The van der Waals surface area contributed by atoms with Crippen LogP contribution in [0.4, 0.5) is 0 Å². The van der Waals surface area contributed by atoms with Crippen molar-refractivity contribution in [3.63, 3.8) is 0 Å². The Balaban J connectivity index is 1.82. The van der Waals surface area contributed by atoms with Gasteiger partial charge in [0.15, 0.2) is 0 Å². The summed E-state index contributed by atoms with van der Waals surface area (Å²) in [5, 5.41) is 0.586. The first kappa shape index (κ1) is 19.0. The van der Waals surface area contributed by atoms with Gasteiger partial charge >= 0.3 is 11.9 Å². The first-order chi connectivity index (χ1) is 13.0. The summed E-state index contributed by atoms with van der Waals surface area (Å²) in [6.45, 7) is 1.68. The summed E-state index contributed by atoms with van der Waals surface area (Å²) in [6, 6.07) is 18.0. The van der Waals surface area contributed by atoms with Crippen molar-refractivity contribution >= 4 is 35.1 Å². The summed E-state index contributed by atoms with van der Waals surface area (Å²) in [6.07, 6.45) is 0. The molecule has 3 aromatic rings. The molecular weight excluding hydrogens is 387 g/mol. The molecule has 27 heavy (non-hydrogen) atoms. The molecule has 0 atom stereocenters. The van der Waals surface area contributed by atoms with Gasteiger partial charge in [0.1, 0.15) is 11.5 Å². The number of hydrogen-bond acceptors (Lipinski definition) is 4. The largest absolute Gasteiger partial charge is 0.422 e. The normalized spacial score (nSPS) is 10.3. The Labute approximate surface area is 166 Å². The van der Waals surface area contributed by atoms with Crippen LogP contribution in [0.15, 0.2) is 66.7 Å². The summed E-state index contributed by atoms with van der Waals surface area (Å²) in [7, 11) is 0. The zero-order valence-electron chi connectivity index (χ0n) is 14.2. The van der Waals surface area contributed by atoms with E-state index < -0.39 is 11.9 Å². The summed E-state index contributed by atoms with van der Waals surface area (Å²) in [4.78, 5) is 24.7. The second-order valence-electron chi connectivity index (χ2n) is 5.62. The molecule has 4 nitrogen and oxygen atoms in total. The Kier molecular flexibility index (Phi) is 5.79. The van der Waals surface area contributed by atoms with E-state index >= 15 is 0 Å². The number of rotatable bonds is 4. The minimum atomic E-state index is -0.599. The molecule has 0 bridgehead atoms. The van der Waals surface area contributed by atoms with Crippen LogP contribution >= 0.6 is 23.2 Å². The topological polar surface area (TPSA) is 52.6 Å². The molecular formula is C21H14Cl2O4. The van der Waals surface area contributed by atoms with Gasteiger partial charge in [0, 0.05) is 5.56 Å². The standard InChI is InChI=1S/C21H14Cl2O4/c1-13-18(26-20(24)14-7-2-4-9-16(14)22)11-6-12-19(13)27-21(25)15-8-3-5-10-17(15)23/h2-12H,1H3. The van der Waals surface area contributed by atoms with Crippen molar-refractivity contribution in [2.75, 3.05) is 0 Å². The van der Waals surface area contributed by atoms with Crippen LogP contribution in [-0.4, -0.2) is 11.9 Å². The average molecular weight is 401 g/mol. The molecule has 0 aliphatic heterocycles. The van der Waals surface area contributed by atoms with E-state index in [-0.39, 0.29) is 22.6 Å². The lowest BCUT2D eigenvalue weighted by Crippen LogP contribution is -2.12. The van der Waals surface area contributed by atoms with Gasteiger partial charge < -0.3 is 9.47 Å². The molecule has 0 saturated carbocycles. The smallest absolute Gasteiger partial charge is 0.345 e. The number of esters is 2. The maximum Gasteiger partial charge on any atom is 0.345 e. The highest BCUT2D eigenvalue weighted by molar-refractivity contribution is 6.34. The lowest BCUT2D eigenvalue weighted by Gasteiger charge is -2.12. The minimum Gasteiger partial charge on any atom is -0.422 e. The van der Waals surface area contributed by atoms with Gasteiger partial charge in [-0.2, -0.15) is 0 Å². The molecule has 0 saturated heterocycles. The fourth-order valence-corrected chi connectivity index (χ4v) is 2.80. The predicted octanol–water partition coefficient (Wildman–Crippen LogP) is 5.74. The van der Waals surface area contributed by atoms with Gasteiger partial charge in [-0.1, -0.05) is 53.5 Å². The van der Waals surface area contributed by atoms with Crippen LogP contribution in [0.3, 0.4) is 0 Å². The summed E-state index contributed by atoms with van der Waals surface area (Å²) < 4.78 is 10.8. The van der Waals surface area contributed by atoms with Crippen LogP contribution in [0, 0.1) is 6.92 Å². The Morgan fingerprint density at radius 3 is 1.48 bits per heavy atom. The maximum absolute atomic E-state index is 12.4. The van der Waals surface area contributed by atoms with E-state index in [9.17, 15) is 9.59 Å². The lowest BCUT2D eigenvalue weighted by atomic mass is 10.2. The Bertz CT molecular complexity index is 937. The highest BCUT2D eigenvalue weighted by Crippen LogP contribution is 2.30. The Morgan fingerprint density at radius 1 is 0.667 bits per heavy atom. The molecule has 3 rings (SSSR count). The van der Waals surface area contributed by atoms with Gasteiger partial charge in [-0.15, -0.1) is 0 Å². The molecule has 136 valence electrons. The second kappa shape index (κ2) is 8.25. The van der Waals surface area contributed by atoms with Crippen LogP contribution in [0.25, 0.3) is 0 Å². The zero-order chi connectivity index (χ0) is 19.4. The summed E-state index contributed by atoms with van der Waals surface area (Å²) >= 11 is 12.1. The van der Waals surface area contributed by atoms with Crippen molar-refractivity contribution in [2.24, 2.45) is 0 Å². The molecule has 0 amide bonds. The van der Waals surface area contributed by atoms with Gasteiger partial charge in [0.2, 0.25) is 0 Å². The quantitative estimate of drug-likeness (QED) is 0.413. The highest BCUT2D eigenvalue weighted by atomic mass is 35.5. The van der Waals surface area contributed by atoms with E-state index in [2.05, 4.69) is 0 Å². The number of ether oxygens (including phenoxy) is 2. The van der Waals surface area contributed by atoms with Crippen molar-refractivity contribution in [1.29, 1.82) is 0 Å². The predicted molar refractivity (Wildman–Crippen MR) is 104 cm³/mol. The van der Waals surface area contributed by atoms with Gasteiger partial charge in [0.05, 0.1) is 21.2 Å². The van der Waals surface area contributed by atoms with E-state index in [0.29, 0.717) is 15.6 Å². The van der Waals surface area contributed by atoms with Crippen molar-refractivity contribution in [2.45, 2.75) is 6.92 Å². The van der Waals surface area contributed by atoms with Gasteiger partial charge in [-0.3, -0.25) is 0 Å². The van der Waals surface area contributed by atoms with Gasteiger partial charge in [-0.05, 0) is 43.3 Å². The molecule has 0 spiro atoms. The minimum absolute atomic E-state index is 0.247. The van der Waals surface area contributed by atoms with E-state index in [4.69, 9.17) is 32.7 Å². The number of benzene rings is 3. The van der Waals surface area contributed by atoms with Gasteiger partial charge in [-0.25, -0.2) is 9.59 Å². The first-order valence-corrected chi connectivity index (χ1v) is 8.76. The second-order valence-corrected chi connectivity index (χ2v) is 6.43. The monoisotopic (exact) mass is 400 g/mol. The number of hydrogen-bond donors (Lipinski definition) is 0. The lowest BCUT2D eigenvalue weighted by molar-refractivity contribution is 0.0730. The van der Waals surface area contributed by atoms with E-state index in [1.54, 1.807) is 73.7 Å². The third-order valence-electron chi connectivity index (χ3n) is 3.83. The van der Waals surface area contributed by atoms with E-state index in [0.717, 1.165) is 0 Å². The molecule has 0 aromatic heterocycles. The first-order valence-electron chi connectivity index (χ1n) is 8.00.